The van der Waals surface area contributed by atoms with Gasteiger partial charge in [0.1, 0.15) is 6.61 Å². The molecule has 0 aromatic carbocycles. The van der Waals surface area contributed by atoms with Gasteiger partial charge in [0.15, 0.2) is 0 Å². The normalized spacial score (nSPS) is 33.3. The summed E-state index contributed by atoms with van der Waals surface area (Å²) in [7, 11) is 0. The van der Waals surface area contributed by atoms with E-state index in [9.17, 15) is 20.1 Å². The van der Waals surface area contributed by atoms with E-state index in [0.29, 0.717) is 6.42 Å². The Hall–Kier alpha value is -1.11. The molecule has 0 aliphatic heterocycles. The molecule has 122 valence electrons. The molecule has 1 aliphatic carbocycles. The Morgan fingerprint density at radius 3 is 2.48 bits per heavy atom. The topological polar surface area (TPSA) is 99.0 Å². The van der Waals surface area contributed by atoms with Gasteiger partial charge in [-0.05, 0) is 17.8 Å². The van der Waals surface area contributed by atoms with Gasteiger partial charge in [-0.2, -0.15) is 0 Å². The molecular formula is C15H27NO5. The maximum atomic E-state index is 11.6. The molecule has 0 aromatic rings. The van der Waals surface area contributed by atoms with E-state index in [-0.39, 0.29) is 30.5 Å². The lowest BCUT2D eigenvalue weighted by Gasteiger charge is -2.47. The number of alkyl carbamates (subject to hydrolysis) is 1. The van der Waals surface area contributed by atoms with Gasteiger partial charge in [0.2, 0.25) is 0 Å². The van der Waals surface area contributed by atoms with Gasteiger partial charge in [0.25, 0.3) is 0 Å². The monoisotopic (exact) mass is 301 g/mol. The van der Waals surface area contributed by atoms with E-state index in [1.807, 2.05) is 20.8 Å². The Morgan fingerprint density at radius 2 is 2.00 bits per heavy atom. The van der Waals surface area contributed by atoms with Crippen molar-refractivity contribution < 1.29 is 24.9 Å². The van der Waals surface area contributed by atoms with E-state index in [1.165, 1.54) is 6.08 Å². The molecule has 1 fully saturated rings. The lowest BCUT2D eigenvalue weighted by Crippen LogP contribution is -2.61. The van der Waals surface area contributed by atoms with Crippen LogP contribution in [0.25, 0.3) is 0 Å². The fraction of sp³-hybridized carbons (Fsp3) is 0.800. The second-order valence-corrected chi connectivity index (χ2v) is 6.69. The van der Waals surface area contributed by atoms with Crippen LogP contribution in [0.5, 0.6) is 0 Å². The van der Waals surface area contributed by atoms with E-state index >= 15 is 0 Å². The molecule has 1 rings (SSSR count). The standard InChI is InChI=1S/C15H27NO5/c1-5-6-21-14(20)16-11-12(18)9(8-17)7-10(13(11)19)15(2,3)4/h5,9-13,17-19H,1,6-8H2,2-4H3,(H,16,20)/t9?,10-,11?,12-,13?/m1/s1. The zero-order valence-electron chi connectivity index (χ0n) is 13.0. The molecule has 4 N–H and O–H groups in total. The third-order valence-corrected chi connectivity index (χ3v) is 4.15. The van der Waals surface area contributed by atoms with Gasteiger partial charge in [-0.3, -0.25) is 0 Å². The number of aliphatic hydroxyl groups excluding tert-OH is 3. The highest BCUT2D eigenvalue weighted by molar-refractivity contribution is 5.68. The summed E-state index contributed by atoms with van der Waals surface area (Å²) in [4.78, 5) is 11.6. The number of carbonyl (C=O) groups excluding carboxylic acids is 1. The number of aliphatic hydroxyl groups is 3. The second kappa shape index (κ2) is 7.24. The van der Waals surface area contributed by atoms with E-state index in [2.05, 4.69) is 11.9 Å². The van der Waals surface area contributed by atoms with Gasteiger partial charge in [0, 0.05) is 12.5 Å². The number of carbonyl (C=O) groups is 1. The largest absolute Gasteiger partial charge is 0.445 e. The Labute approximate surface area is 125 Å². The summed E-state index contributed by atoms with van der Waals surface area (Å²) >= 11 is 0. The zero-order valence-corrected chi connectivity index (χ0v) is 13.0. The molecule has 6 heteroatoms. The summed E-state index contributed by atoms with van der Waals surface area (Å²) in [5, 5.41) is 32.7. The highest BCUT2D eigenvalue weighted by Crippen LogP contribution is 2.40. The molecular weight excluding hydrogens is 274 g/mol. The van der Waals surface area contributed by atoms with Gasteiger partial charge in [-0.1, -0.05) is 33.4 Å². The summed E-state index contributed by atoms with van der Waals surface area (Å²) in [6.45, 7) is 9.26. The first kappa shape index (κ1) is 17.9. The van der Waals surface area contributed by atoms with Crippen molar-refractivity contribution in [1.29, 1.82) is 0 Å². The van der Waals surface area contributed by atoms with Crippen molar-refractivity contribution in [3.8, 4) is 0 Å². The van der Waals surface area contributed by atoms with E-state index < -0.39 is 24.3 Å². The van der Waals surface area contributed by atoms with Crippen molar-refractivity contribution in [1.82, 2.24) is 5.32 Å². The summed E-state index contributed by atoms with van der Waals surface area (Å²) in [5.74, 6) is -0.537. The van der Waals surface area contributed by atoms with Gasteiger partial charge in [0.05, 0.1) is 18.2 Å². The maximum Gasteiger partial charge on any atom is 0.407 e. The van der Waals surface area contributed by atoms with Crippen LogP contribution >= 0.6 is 0 Å². The van der Waals surface area contributed by atoms with Crippen LogP contribution in [0.15, 0.2) is 12.7 Å². The molecule has 0 aromatic heterocycles. The van der Waals surface area contributed by atoms with Crippen molar-refractivity contribution in [2.24, 2.45) is 17.3 Å². The zero-order chi connectivity index (χ0) is 16.2. The molecule has 0 saturated heterocycles. The summed E-state index contributed by atoms with van der Waals surface area (Å²) in [6.07, 6.45) is -0.701. The quantitative estimate of drug-likeness (QED) is 0.572. The fourth-order valence-electron chi connectivity index (χ4n) is 2.88. The number of hydrogen-bond acceptors (Lipinski definition) is 5. The van der Waals surface area contributed by atoms with Crippen LogP contribution in [-0.2, 0) is 4.74 Å². The second-order valence-electron chi connectivity index (χ2n) is 6.69. The Morgan fingerprint density at radius 1 is 1.38 bits per heavy atom. The highest BCUT2D eigenvalue weighted by Gasteiger charge is 2.47. The third-order valence-electron chi connectivity index (χ3n) is 4.15. The fourth-order valence-corrected chi connectivity index (χ4v) is 2.88. The molecule has 21 heavy (non-hydrogen) atoms. The van der Waals surface area contributed by atoms with Crippen LogP contribution < -0.4 is 5.32 Å². The number of nitrogens with one attached hydrogen (secondary N) is 1. The average molecular weight is 301 g/mol. The molecule has 0 heterocycles. The predicted octanol–water partition coefficient (Wildman–Crippen LogP) is 0.663. The molecule has 1 amide bonds. The van der Waals surface area contributed by atoms with Crippen LogP contribution in [0.3, 0.4) is 0 Å². The third kappa shape index (κ3) is 4.43. The van der Waals surface area contributed by atoms with Gasteiger partial charge in [-0.25, -0.2) is 4.79 Å². The SMILES string of the molecule is C=CCOC(=O)NC1C(O)[C@H](C(C)(C)C)CC(CO)[C@H]1O. The minimum atomic E-state index is -1.01. The van der Waals surface area contributed by atoms with Crippen molar-refractivity contribution in [2.75, 3.05) is 13.2 Å². The molecule has 6 nitrogen and oxygen atoms in total. The summed E-state index contributed by atoms with van der Waals surface area (Å²) < 4.78 is 4.83. The Balaban J connectivity index is 2.86. The molecule has 5 atom stereocenters. The number of rotatable bonds is 4. The van der Waals surface area contributed by atoms with Gasteiger partial charge < -0.3 is 25.4 Å². The van der Waals surface area contributed by atoms with Crippen LogP contribution in [0.1, 0.15) is 27.2 Å². The van der Waals surface area contributed by atoms with E-state index in [0.717, 1.165) is 0 Å². The number of amides is 1. The Kier molecular flexibility index (Phi) is 6.19. The van der Waals surface area contributed by atoms with Crippen LogP contribution in [0, 0.1) is 17.3 Å². The molecule has 3 unspecified atom stereocenters. The first-order chi connectivity index (χ1) is 9.72. The van der Waals surface area contributed by atoms with Crippen molar-refractivity contribution in [2.45, 2.75) is 45.4 Å². The first-order valence-corrected chi connectivity index (χ1v) is 7.23. The molecule has 0 bridgehead atoms. The lowest BCUT2D eigenvalue weighted by molar-refractivity contribution is -0.102. The van der Waals surface area contributed by atoms with Crippen LogP contribution in [0.2, 0.25) is 0 Å². The molecule has 1 saturated carbocycles. The predicted molar refractivity (Wildman–Crippen MR) is 78.6 cm³/mol. The maximum absolute atomic E-state index is 11.6. The minimum absolute atomic E-state index is 0.0525. The van der Waals surface area contributed by atoms with Crippen LogP contribution in [-0.4, -0.2) is 52.9 Å². The van der Waals surface area contributed by atoms with E-state index in [1.54, 1.807) is 0 Å². The summed E-state index contributed by atoms with van der Waals surface area (Å²) in [6, 6.07) is -0.863. The van der Waals surface area contributed by atoms with Crippen molar-refractivity contribution in [3.63, 3.8) is 0 Å². The van der Waals surface area contributed by atoms with Crippen molar-refractivity contribution >= 4 is 6.09 Å². The summed E-state index contributed by atoms with van der Waals surface area (Å²) in [5.41, 5.74) is -0.210. The number of hydrogen-bond donors (Lipinski definition) is 4. The smallest absolute Gasteiger partial charge is 0.407 e. The molecule has 0 radical (unpaired) electrons. The van der Waals surface area contributed by atoms with Crippen LogP contribution in [0.4, 0.5) is 4.79 Å². The number of ether oxygens (including phenoxy) is 1. The average Bonchev–Trinajstić information content (AvgIpc) is 2.40. The first-order valence-electron chi connectivity index (χ1n) is 7.23. The molecule has 1 aliphatic rings. The highest BCUT2D eigenvalue weighted by atomic mass is 16.5. The molecule has 0 spiro atoms. The minimum Gasteiger partial charge on any atom is -0.445 e. The van der Waals surface area contributed by atoms with Crippen molar-refractivity contribution in [3.05, 3.63) is 12.7 Å². The lowest BCUT2D eigenvalue weighted by atomic mass is 9.65. The van der Waals surface area contributed by atoms with Gasteiger partial charge in [-0.15, -0.1) is 0 Å². The van der Waals surface area contributed by atoms with E-state index in [4.69, 9.17) is 4.74 Å². The van der Waals surface area contributed by atoms with Gasteiger partial charge >= 0.3 is 6.09 Å². The Bertz CT molecular complexity index is 366.